The van der Waals surface area contributed by atoms with Gasteiger partial charge in [0.05, 0.1) is 6.61 Å². The first kappa shape index (κ1) is 8.13. The first-order valence-electron chi connectivity index (χ1n) is 3.20. The first-order valence-corrected chi connectivity index (χ1v) is 3.20. The van der Waals surface area contributed by atoms with Gasteiger partial charge < -0.3 is 4.74 Å². The third-order valence-corrected chi connectivity index (χ3v) is 1.45. The van der Waals surface area contributed by atoms with E-state index < -0.39 is 12.1 Å². The molecule has 11 heavy (non-hydrogen) atoms. The van der Waals surface area contributed by atoms with E-state index >= 15 is 0 Å². The molecule has 1 fully saturated rings. The lowest BCUT2D eigenvalue weighted by Gasteiger charge is -2.17. The van der Waals surface area contributed by atoms with E-state index in [1.54, 1.807) is 0 Å². The number of carbonyl (C=O) groups excluding carboxylic acids is 2. The summed E-state index contributed by atoms with van der Waals surface area (Å²) in [4.78, 5) is 24.0. The number of hydrogen-bond donors (Lipinski definition) is 0. The molecular formula is C6H7FO4. The van der Waals surface area contributed by atoms with Crippen molar-refractivity contribution in [1.29, 1.82) is 0 Å². The molecule has 1 heterocycles. The summed E-state index contributed by atoms with van der Waals surface area (Å²) >= 11 is 0. The molecule has 4 nitrogen and oxygen atoms in total. The number of carbonyl (C=O) groups is 2. The summed E-state index contributed by atoms with van der Waals surface area (Å²) in [6, 6.07) is 0. The van der Waals surface area contributed by atoms with Crippen LogP contribution in [-0.4, -0.2) is 24.5 Å². The van der Waals surface area contributed by atoms with Crippen molar-refractivity contribution in [3.8, 4) is 0 Å². The molecule has 1 rings (SSSR count). The minimum absolute atomic E-state index is 0.0806. The average molecular weight is 162 g/mol. The van der Waals surface area contributed by atoms with Crippen molar-refractivity contribution in [2.75, 3.05) is 6.61 Å². The lowest BCUT2D eigenvalue weighted by Crippen LogP contribution is -2.32. The predicted molar refractivity (Wildman–Crippen MR) is 31.2 cm³/mol. The van der Waals surface area contributed by atoms with E-state index in [-0.39, 0.29) is 25.2 Å². The topological polar surface area (TPSA) is 52.6 Å². The Hall–Kier alpha value is -0.970. The van der Waals surface area contributed by atoms with Gasteiger partial charge in [0.15, 0.2) is 6.10 Å². The Morgan fingerprint density at radius 1 is 1.73 bits per heavy atom. The molecule has 1 aliphatic heterocycles. The fourth-order valence-corrected chi connectivity index (χ4v) is 0.884. The van der Waals surface area contributed by atoms with E-state index in [0.717, 1.165) is 0 Å². The molecule has 0 N–H and O–H groups in total. The Labute approximate surface area is 62.2 Å². The molecule has 0 radical (unpaired) electrons. The normalized spacial score (nSPS) is 24.8. The highest BCUT2D eigenvalue weighted by Crippen LogP contribution is 2.10. The van der Waals surface area contributed by atoms with Gasteiger partial charge in [-0.15, -0.1) is 0 Å². The average Bonchev–Trinajstić information content (AvgIpc) is 2.03. The second kappa shape index (κ2) is 3.43. The van der Waals surface area contributed by atoms with Gasteiger partial charge in [-0.1, -0.05) is 0 Å². The zero-order valence-electron chi connectivity index (χ0n) is 5.71. The van der Waals surface area contributed by atoms with Crippen LogP contribution in [0.4, 0.5) is 4.53 Å². The monoisotopic (exact) mass is 162 g/mol. The maximum absolute atomic E-state index is 11.3. The highest BCUT2D eigenvalue weighted by molar-refractivity contribution is 5.86. The molecule has 1 unspecified atom stereocenters. The Morgan fingerprint density at radius 3 is 3.00 bits per heavy atom. The zero-order valence-corrected chi connectivity index (χ0v) is 5.71. The van der Waals surface area contributed by atoms with Crippen molar-refractivity contribution < 1.29 is 23.8 Å². The van der Waals surface area contributed by atoms with Crippen molar-refractivity contribution in [3.63, 3.8) is 0 Å². The Kier molecular flexibility index (Phi) is 2.53. The van der Waals surface area contributed by atoms with Crippen molar-refractivity contribution in [3.05, 3.63) is 0 Å². The predicted octanol–water partition coefficient (Wildman–Crippen LogP) is 0.162. The number of ketones is 1. The molecule has 0 aromatic rings. The molecule has 0 aromatic carbocycles. The second-order valence-corrected chi connectivity index (χ2v) is 2.25. The molecule has 0 saturated carbocycles. The van der Waals surface area contributed by atoms with Gasteiger partial charge in [-0.25, -0.2) is 4.79 Å². The minimum Gasteiger partial charge on any atom is -0.365 e. The van der Waals surface area contributed by atoms with E-state index in [9.17, 15) is 14.1 Å². The quantitative estimate of drug-likeness (QED) is 0.551. The summed E-state index contributed by atoms with van der Waals surface area (Å²) in [5.74, 6) is -1.23. The number of halogens is 1. The zero-order chi connectivity index (χ0) is 8.27. The van der Waals surface area contributed by atoms with Crippen LogP contribution in [0.25, 0.3) is 0 Å². The highest BCUT2D eigenvalue weighted by atomic mass is 19.3. The standard InChI is InChI=1S/C6H7FO4/c7-11-6(9)5-3-4(8)1-2-10-5/h5H,1-3H2. The molecular weight excluding hydrogens is 155 g/mol. The summed E-state index contributed by atoms with van der Waals surface area (Å²) < 4.78 is 16.0. The van der Waals surface area contributed by atoms with Gasteiger partial charge in [-0.05, 0) is 0 Å². The van der Waals surface area contributed by atoms with Gasteiger partial charge in [0.25, 0.3) is 0 Å². The van der Waals surface area contributed by atoms with Crippen LogP contribution in [0.2, 0.25) is 0 Å². The second-order valence-electron chi connectivity index (χ2n) is 2.25. The third-order valence-electron chi connectivity index (χ3n) is 1.45. The van der Waals surface area contributed by atoms with Gasteiger partial charge in [-0.2, -0.15) is 0 Å². The maximum Gasteiger partial charge on any atom is 0.377 e. The van der Waals surface area contributed by atoms with Crippen molar-refractivity contribution in [2.45, 2.75) is 18.9 Å². The molecule has 1 aliphatic rings. The van der Waals surface area contributed by atoms with E-state index in [2.05, 4.69) is 4.94 Å². The highest BCUT2D eigenvalue weighted by Gasteiger charge is 2.28. The molecule has 0 amide bonds. The summed E-state index contributed by atoms with van der Waals surface area (Å²) in [6.45, 7) is 0.165. The largest absolute Gasteiger partial charge is 0.377 e. The van der Waals surface area contributed by atoms with E-state index in [0.29, 0.717) is 0 Å². The van der Waals surface area contributed by atoms with Crippen LogP contribution < -0.4 is 0 Å². The van der Waals surface area contributed by atoms with Crippen LogP contribution in [0, 0.1) is 0 Å². The Balaban J connectivity index is 2.45. The number of rotatable bonds is 1. The van der Waals surface area contributed by atoms with Gasteiger partial charge in [0.2, 0.25) is 0 Å². The molecule has 5 heteroatoms. The lowest BCUT2D eigenvalue weighted by atomic mass is 10.1. The molecule has 1 saturated heterocycles. The number of hydrogen-bond acceptors (Lipinski definition) is 4. The van der Waals surface area contributed by atoms with Crippen LogP contribution in [-0.2, 0) is 19.3 Å². The van der Waals surface area contributed by atoms with E-state index in [1.807, 2.05) is 0 Å². The van der Waals surface area contributed by atoms with Crippen LogP contribution in [0.15, 0.2) is 0 Å². The van der Waals surface area contributed by atoms with Crippen LogP contribution >= 0.6 is 0 Å². The Morgan fingerprint density at radius 2 is 2.45 bits per heavy atom. The minimum atomic E-state index is -1.13. The summed E-state index contributed by atoms with van der Waals surface area (Å²) in [7, 11) is 0. The van der Waals surface area contributed by atoms with Crippen LogP contribution in [0.5, 0.6) is 0 Å². The lowest BCUT2D eigenvalue weighted by molar-refractivity contribution is -0.199. The summed E-state index contributed by atoms with van der Waals surface area (Å²) in [5, 5.41) is 0. The number of ether oxygens (including phenoxy) is 1. The van der Waals surface area contributed by atoms with E-state index in [4.69, 9.17) is 4.74 Å². The van der Waals surface area contributed by atoms with Gasteiger partial charge in [-0.3, -0.25) is 9.74 Å². The van der Waals surface area contributed by atoms with Crippen LogP contribution in [0.1, 0.15) is 12.8 Å². The fourth-order valence-electron chi connectivity index (χ4n) is 0.884. The summed E-state index contributed by atoms with van der Waals surface area (Å²) in [5.41, 5.74) is 0. The molecule has 0 aromatic heterocycles. The van der Waals surface area contributed by atoms with Crippen LogP contribution in [0.3, 0.4) is 0 Å². The third kappa shape index (κ3) is 1.98. The first-order chi connectivity index (χ1) is 5.24. The molecule has 0 aliphatic carbocycles. The number of Topliss-reactive ketones (excluding diaryl/α,β-unsaturated/α-hetero) is 1. The molecule has 0 bridgehead atoms. The molecule has 0 spiro atoms. The fraction of sp³-hybridized carbons (Fsp3) is 0.667. The summed E-state index contributed by atoms with van der Waals surface area (Å²) in [6.07, 6.45) is -0.833. The van der Waals surface area contributed by atoms with Crippen molar-refractivity contribution >= 4 is 11.8 Å². The SMILES string of the molecule is O=C1CCOC(C(=O)OF)C1. The van der Waals surface area contributed by atoms with Gasteiger partial charge in [0, 0.05) is 17.4 Å². The van der Waals surface area contributed by atoms with Crippen molar-refractivity contribution in [2.24, 2.45) is 0 Å². The van der Waals surface area contributed by atoms with Crippen molar-refractivity contribution in [1.82, 2.24) is 0 Å². The maximum atomic E-state index is 11.3. The smallest absolute Gasteiger partial charge is 0.365 e. The van der Waals surface area contributed by atoms with Gasteiger partial charge in [0.1, 0.15) is 5.78 Å². The molecule has 62 valence electrons. The van der Waals surface area contributed by atoms with E-state index in [1.165, 1.54) is 0 Å². The van der Waals surface area contributed by atoms with Gasteiger partial charge >= 0.3 is 5.97 Å². The molecule has 1 atom stereocenters. The Bertz CT molecular complexity index is 179.